The van der Waals surface area contributed by atoms with Crippen LogP contribution in [0.25, 0.3) is 75.2 Å². The van der Waals surface area contributed by atoms with E-state index in [1.54, 1.807) is 41.7 Å². The minimum atomic E-state index is -0.441. The number of nitrogens with zero attached hydrogens (tertiary/aromatic N) is 4. The van der Waals surface area contributed by atoms with E-state index in [2.05, 4.69) is 106 Å². The number of carbonyl (C=O) groups excluding carboxylic acids is 2. The molecule has 0 bridgehead atoms. The number of fused-ring (bicyclic) bond motifs is 11. The molecule has 0 spiro atoms. The van der Waals surface area contributed by atoms with Crippen molar-refractivity contribution in [3.8, 4) is 17.4 Å². The molecule has 1 aliphatic rings. The molecule has 6 nitrogen and oxygen atoms in total. The molecule has 0 saturated heterocycles. The van der Waals surface area contributed by atoms with Crippen molar-refractivity contribution in [1.82, 2.24) is 9.13 Å². The van der Waals surface area contributed by atoms with Crippen LogP contribution in [0.1, 0.15) is 26.3 Å². The van der Waals surface area contributed by atoms with Gasteiger partial charge < -0.3 is 9.13 Å². The third-order valence-corrected chi connectivity index (χ3v) is 11.6. The van der Waals surface area contributed by atoms with Crippen LogP contribution < -0.4 is 4.90 Å². The van der Waals surface area contributed by atoms with Crippen LogP contribution in [0.2, 0.25) is 0 Å². The van der Waals surface area contributed by atoms with Crippen molar-refractivity contribution >= 4 is 92.6 Å². The quantitative estimate of drug-likeness (QED) is 0.174. The minimum Gasteiger partial charge on any atom is -0.309 e. The first-order valence-electron chi connectivity index (χ1n) is 17.0. The number of hydrogen-bond acceptors (Lipinski definition) is 4. The maximum absolute atomic E-state index is 14.0. The molecule has 0 atom stereocenters. The first-order chi connectivity index (χ1) is 25.6. The number of aromatic nitrogens is 2. The van der Waals surface area contributed by atoms with E-state index in [1.165, 1.54) is 25.1 Å². The van der Waals surface area contributed by atoms with Gasteiger partial charge in [0, 0.05) is 47.4 Å². The van der Waals surface area contributed by atoms with Crippen molar-refractivity contribution < 1.29 is 9.59 Å². The molecule has 10 aromatic rings. The van der Waals surface area contributed by atoms with Crippen LogP contribution in [0.4, 0.5) is 5.69 Å². The Morgan fingerprint density at radius 2 is 1.17 bits per heavy atom. The lowest BCUT2D eigenvalue weighted by Gasteiger charge is -2.21. The Kier molecular flexibility index (Phi) is 5.81. The molecule has 0 N–H and O–H groups in total. The fraction of sp³-hybridized carbons (Fsp3) is 0. The van der Waals surface area contributed by atoms with Gasteiger partial charge >= 0.3 is 0 Å². The smallest absolute Gasteiger partial charge is 0.266 e. The van der Waals surface area contributed by atoms with Crippen molar-refractivity contribution in [3.63, 3.8) is 0 Å². The predicted molar refractivity (Wildman–Crippen MR) is 210 cm³/mol. The van der Waals surface area contributed by atoms with Gasteiger partial charge in [-0.2, -0.15) is 5.26 Å². The largest absolute Gasteiger partial charge is 0.309 e. The monoisotopic (exact) mass is 684 g/mol. The van der Waals surface area contributed by atoms with Crippen LogP contribution in [-0.2, 0) is 0 Å². The van der Waals surface area contributed by atoms with Gasteiger partial charge in [0.05, 0.1) is 50.1 Å². The van der Waals surface area contributed by atoms with E-state index >= 15 is 0 Å². The van der Waals surface area contributed by atoms with Crippen LogP contribution in [0.3, 0.4) is 0 Å². The number of rotatable bonds is 3. The second-order valence-electron chi connectivity index (χ2n) is 13.1. The standard InChI is InChI=1S/C45H24N4O2S/c46-25-26-10-9-18-38(42(26)49-44(50)31-13-1-2-14-32(31)45(49)51)48-35-16-6-3-11-28(35)30-21-22-37-41(43(30)48)33-15-4-7-17-36(33)47(37)27-20-23-40-34(24-27)29-12-5-8-19-39(29)52-40/h1-24H. The SMILES string of the molecule is N#Cc1cccc(-n2c3ccccc3c3ccc4c(c5ccccc5n4-c4ccc5sc6ccccc6c5c4)c32)c1N1C(=O)c2ccccc2C1=O. The molecule has 242 valence electrons. The van der Waals surface area contributed by atoms with E-state index in [0.717, 1.165) is 49.3 Å². The van der Waals surface area contributed by atoms with Gasteiger partial charge in [0.2, 0.25) is 0 Å². The van der Waals surface area contributed by atoms with Gasteiger partial charge in [-0.15, -0.1) is 11.3 Å². The summed E-state index contributed by atoms with van der Waals surface area (Å²) in [5.74, 6) is -0.883. The second kappa shape index (κ2) is 10.5. The van der Waals surface area contributed by atoms with E-state index in [1.807, 2.05) is 24.3 Å². The molecule has 0 aliphatic carbocycles. The average molecular weight is 685 g/mol. The zero-order valence-corrected chi connectivity index (χ0v) is 28.2. The molecule has 52 heavy (non-hydrogen) atoms. The topological polar surface area (TPSA) is 71.0 Å². The summed E-state index contributed by atoms with van der Waals surface area (Å²) in [6, 6.07) is 50.7. The van der Waals surface area contributed by atoms with E-state index in [-0.39, 0.29) is 11.3 Å². The fourth-order valence-corrected chi connectivity index (χ4v) is 9.41. The van der Waals surface area contributed by atoms with E-state index in [9.17, 15) is 14.9 Å². The second-order valence-corrected chi connectivity index (χ2v) is 14.2. The van der Waals surface area contributed by atoms with Crippen molar-refractivity contribution in [2.24, 2.45) is 0 Å². The molecule has 7 heteroatoms. The van der Waals surface area contributed by atoms with Gasteiger partial charge in [0.15, 0.2) is 0 Å². The van der Waals surface area contributed by atoms with Gasteiger partial charge in [-0.3, -0.25) is 9.59 Å². The molecule has 7 aromatic carbocycles. The number of hydrogen-bond donors (Lipinski definition) is 0. The summed E-state index contributed by atoms with van der Waals surface area (Å²) in [5.41, 5.74) is 6.73. The molecular formula is C45H24N4O2S. The summed E-state index contributed by atoms with van der Waals surface area (Å²) >= 11 is 1.80. The van der Waals surface area contributed by atoms with Crippen LogP contribution in [0.5, 0.6) is 0 Å². The molecule has 3 aromatic heterocycles. The lowest BCUT2D eigenvalue weighted by atomic mass is 10.1. The molecule has 0 radical (unpaired) electrons. The predicted octanol–water partition coefficient (Wildman–Crippen LogP) is 10.9. The van der Waals surface area contributed by atoms with Crippen LogP contribution in [0, 0.1) is 11.3 Å². The number of carbonyl (C=O) groups is 2. The molecule has 0 fully saturated rings. The summed E-state index contributed by atoms with van der Waals surface area (Å²) in [6.45, 7) is 0. The number of anilines is 1. The molecule has 0 saturated carbocycles. The Morgan fingerprint density at radius 3 is 1.94 bits per heavy atom. The molecule has 4 heterocycles. The first-order valence-corrected chi connectivity index (χ1v) is 17.8. The average Bonchev–Trinajstić information content (AvgIpc) is 3.91. The third kappa shape index (κ3) is 3.71. The third-order valence-electron chi connectivity index (χ3n) is 10.5. The highest BCUT2D eigenvalue weighted by atomic mass is 32.1. The van der Waals surface area contributed by atoms with Crippen LogP contribution >= 0.6 is 11.3 Å². The lowest BCUT2D eigenvalue weighted by Crippen LogP contribution is -2.31. The zero-order chi connectivity index (χ0) is 34.7. The minimum absolute atomic E-state index is 0.240. The normalized spacial score (nSPS) is 13.0. The summed E-state index contributed by atoms with van der Waals surface area (Å²) < 4.78 is 6.97. The number of thiophene rings is 1. The van der Waals surface area contributed by atoms with Gasteiger partial charge in [0.1, 0.15) is 6.07 Å². The summed E-state index contributed by atoms with van der Waals surface area (Å²) in [7, 11) is 0. The fourth-order valence-electron chi connectivity index (χ4n) is 8.32. The van der Waals surface area contributed by atoms with Gasteiger partial charge in [-0.25, -0.2) is 4.90 Å². The van der Waals surface area contributed by atoms with Crippen molar-refractivity contribution in [2.45, 2.75) is 0 Å². The molecule has 0 unspecified atom stereocenters. The highest BCUT2D eigenvalue weighted by Gasteiger charge is 2.39. The van der Waals surface area contributed by atoms with E-state index in [0.29, 0.717) is 16.8 Å². The number of nitriles is 1. The number of imide groups is 1. The summed E-state index contributed by atoms with van der Waals surface area (Å²) in [6.07, 6.45) is 0. The van der Waals surface area contributed by atoms with Crippen molar-refractivity contribution in [1.29, 1.82) is 5.26 Å². The Balaban J connectivity index is 1.27. The van der Waals surface area contributed by atoms with Gasteiger partial charge in [0.25, 0.3) is 11.8 Å². The highest BCUT2D eigenvalue weighted by molar-refractivity contribution is 7.25. The number of amides is 2. The molecular weight excluding hydrogens is 661 g/mol. The molecule has 11 rings (SSSR count). The van der Waals surface area contributed by atoms with E-state index in [4.69, 9.17) is 0 Å². The Hall–Kier alpha value is -7.01. The summed E-state index contributed by atoms with van der Waals surface area (Å²) in [5, 5.41) is 17.1. The van der Waals surface area contributed by atoms with Crippen LogP contribution in [-0.4, -0.2) is 20.9 Å². The zero-order valence-electron chi connectivity index (χ0n) is 27.4. The maximum Gasteiger partial charge on any atom is 0.266 e. The highest BCUT2D eigenvalue weighted by Crippen LogP contribution is 2.45. The number of para-hydroxylation sites is 3. The Morgan fingerprint density at radius 1 is 0.519 bits per heavy atom. The van der Waals surface area contributed by atoms with E-state index < -0.39 is 11.8 Å². The van der Waals surface area contributed by atoms with Gasteiger partial charge in [-0.05, 0) is 66.7 Å². The summed E-state index contributed by atoms with van der Waals surface area (Å²) in [4.78, 5) is 29.2. The van der Waals surface area contributed by atoms with Crippen LogP contribution in [0.15, 0.2) is 146 Å². The van der Waals surface area contributed by atoms with Gasteiger partial charge in [-0.1, -0.05) is 78.9 Å². The molecule has 1 aliphatic heterocycles. The van der Waals surface area contributed by atoms with Crippen molar-refractivity contribution in [2.75, 3.05) is 4.90 Å². The van der Waals surface area contributed by atoms with Crippen molar-refractivity contribution in [3.05, 3.63) is 162 Å². The first kappa shape index (κ1) is 28.8. The Labute approximate surface area is 300 Å². The number of benzene rings is 7. The molecule has 2 amide bonds. The Bertz CT molecular complexity index is 3230. The lowest BCUT2D eigenvalue weighted by molar-refractivity contribution is 0.0926. The maximum atomic E-state index is 14.0.